The second kappa shape index (κ2) is 8.74. The average Bonchev–Trinajstić information content (AvgIpc) is 2.54. The lowest BCUT2D eigenvalue weighted by Gasteiger charge is -2.11. The largest absolute Gasteiger partial charge is 0.349 e. The van der Waals surface area contributed by atoms with Gasteiger partial charge in [-0.3, -0.25) is 9.59 Å². The Morgan fingerprint density at radius 3 is 2.64 bits per heavy atom. The van der Waals surface area contributed by atoms with Crippen molar-refractivity contribution >= 4 is 29.1 Å². The van der Waals surface area contributed by atoms with Crippen molar-refractivity contribution in [3.8, 4) is 0 Å². The van der Waals surface area contributed by atoms with Gasteiger partial charge in [0.1, 0.15) is 5.69 Å². The van der Waals surface area contributed by atoms with Crippen molar-refractivity contribution < 1.29 is 9.59 Å². The number of hydrogen-bond donors (Lipinski definition) is 3. The van der Waals surface area contributed by atoms with E-state index in [0.29, 0.717) is 23.9 Å². The molecule has 25 heavy (non-hydrogen) atoms. The number of hydrogen-bond acceptors (Lipinski definition) is 6. The Morgan fingerprint density at radius 1 is 1.16 bits per heavy atom. The van der Waals surface area contributed by atoms with Gasteiger partial charge < -0.3 is 20.9 Å². The maximum Gasteiger partial charge on any atom is 0.270 e. The van der Waals surface area contributed by atoms with Gasteiger partial charge in [0.05, 0.1) is 0 Å². The zero-order valence-corrected chi connectivity index (χ0v) is 14.5. The maximum atomic E-state index is 12.1. The number of nitrogens with zero attached hydrogens (tertiary/aromatic N) is 3. The van der Waals surface area contributed by atoms with Crippen LogP contribution in [0.15, 0.2) is 36.5 Å². The summed E-state index contributed by atoms with van der Waals surface area (Å²) in [4.78, 5) is 33.6. The molecule has 0 aliphatic heterocycles. The number of carbonyl (C=O) groups excluding carboxylic acids is 2. The van der Waals surface area contributed by atoms with E-state index in [-0.39, 0.29) is 17.5 Å². The van der Waals surface area contributed by atoms with E-state index in [0.717, 1.165) is 6.54 Å². The highest BCUT2D eigenvalue weighted by Gasteiger charge is 2.09. The summed E-state index contributed by atoms with van der Waals surface area (Å²) in [6.45, 7) is 2.73. The molecular weight excluding hydrogens is 320 g/mol. The topological polar surface area (TPSA) is 99.2 Å². The smallest absolute Gasteiger partial charge is 0.270 e. The first kappa shape index (κ1) is 18.3. The Balaban J connectivity index is 2.03. The van der Waals surface area contributed by atoms with Crippen LogP contribution >= 0.6 is 0 Å². The second-order valence-corrected chi connectivity index (χ2v) is 5.71. The van der Waals surface area contributed by atoms with E-state index in [4.69, 9.17) is 0 Å². The van der Waals surface area contributed by atoms with Crippen molar-refractivity contribution in [2.75, 3.05) is 37.8 Å². The van der Waals surface area contributed by atoms with E-state index in [2.05, 4.69) is 25.9 Å². The van der Waals surface area contributed by atoms with Crippen molar-refractivity contribution in [1.82, 2.24) is 20.2 Å². The summed E-state index contributed by atoms with van der Waals surface area (Å²) in [7, 11) is 3.88. The van der Waals surface area contributed by atoms with Crippen LogP contribution in [0.4, 0.5) is 17.3 Å². The molecule has 0 bridgehead atoms. The van der Waals surface area contributed by atoms with Gasteiger partial charge in [-0.25, -0.2) is 9.97 Å². The maximum absolute atomic E-state index is 12.1. The molecule has 132 valence electrons. The van der Waals surface area contributed by atoms with E-state index in [1.54, 1.807) is 24.3 Å². The number of benzene rings is 1. The Labute approximate surface area is 146 Å². The molecule has 0 radical (unpaired) electrons. The molecule has 8 nitrogen and oxygen atoms in total. The van der Waals surface area contributed by atoms with Gasteiger partial charge >= 0.3 is 0 Å². The van der Waals surface area contributed by atoms with E-state index in [1.165, 1.54) is 13.1 Å². The van der Waals surface area contributed by atoms with Gasteiger partial charge in [-0.1, -0.05) is 6.07 Å². The number of aromatic nitrogens is 2. The quantitative estimate of drug-likeness (QED) is 0.705. The minimum atomic E-state index is -0.251. The van der Waals surface area contributed by atoms with Gasteiger partial charge in [0.15, 0.2) is 0 Å². The SMILES string of the molecule is CC(=O)Nc1cccc(Nc2nccc(C(=O)NCCN(C)C)n2)c1. The highest BCUT2D eigenvalue weighted by molar-refractivity contribution is 5.92. The van der Waals surface area contributed by atoms with E-state index >= 15 is 0 Å². The van der Waals surface area contributed by atoms with Crippen molar-refractivity contribution in [1.29, 1.82) is 0 Å². The number of anilines is 3. The zero-order valence-electron chi connectivity index (χ0n) is 14.5. The van der Waals surface area contributed by atoms with E-state index in [9.17, 15) is 9.59 Å². The summed E-state index contributed by atoms with van der Waals surface area (Å²) < 4.78 is 0. The van der Waals surface area contributed by atoms with Crippen molar-refractivity contribution in [2.24, 2.45) is 0 Å². The summed E-state index contributed by atoms with van der Waals surface area (Å²) in [5.41, 5.74) is 1.65. The summed E-state index contributed by atoms with van der Waals surface area (Å²) in [5.74, 6) is -0.0932. The first-order valence-corrected chi connectivity index (χ1v) is 7.84. The van der Waals surface area contributed by atoms with Gasteiger partial charge in [-0.2, -0.15) is 0 Å². The first-order chi connectivity index (χ1) is 11.9. The lowest BCUT2D eigenvalue weighted by atomic mass is 10.2. The normalized spacial score (nSPS) is 10.4. The van der Waals surface area contributed by atoms with Crippen LogP contribution in [0.5, 0.6) is 0 Å². The molecule has 0 spiro atoms. The van der Waals surface area contributed by atoms with Crippen LogP contribution in [0.3, 0.4) is 0 Å². The molecule has 1 aromatic carbocycles. The highest BCUT2D eigenvalue weighted by atomic mass is 16.2. The predicted molar refractivity (Wildman–Crippen MR) is 96.9 cm³/mol. The minimum Gasteiger partial charge on any atom is -0.349 e. The molecular formula is C17H22N6O2. The fourth-order valence-corrected chi connectivity index (χ4v) is 2.04. The van der Waals surface area contributed by atoms with Gasteiger partial charge in [0, 0.05) is 37.6 Å². The molecule has 3 N–H and O–H groups in total. The van der Waals surface area contributed by atoms with Crippen molar-refractivity contribution in [3.05, 3.63) is 42.2 Å². The second-order valence-electron chi connectivity index (χ2n) is 5.71. The Morgan fingerprint density at radius 2 is 1.92 bits per heavy atom. The number of nitrogens with one attached hydrogen (secondary N) is 3. The summed E-state index contributed by atoms with van der Waals surface area (Å²) in [6.07, 6.45) is 1.52. The molecule has 0 saturated heterocycles. The van der Waals surface area contributed by atoms with Crippen LogP contribution in [0.25, 0.3) is 0 Å². The van der Waals surface area contributed by atoms with E-state index in [1.807, 2.05) is 25.1 Å². The third kappa shape index (κ3) is 6.19. The number of likely N-dealkylation sites (N-methyl/N-ethyl adjacent to an activating group) is 1. The van der Waals surface area contributed by atoms with Crippen LogP contribution < -0.4 is 16.0 Å². The van der Waals surface area contributed by atoms with Gasteiger partial charge in [-0.05, 0) is 38.4 Å². The lowest BCUT2D eigenvalue weighted by Crippen LogP contribution is -2.31. The number of amides is 2. The van der Waals surface area contributed by atoms with Crippen LogP contribution in [-0.2, 0) is 4.79 Å². The average molecular weight is 342 g/mol. The van der Waals surface area contributed by atoms with Crippen molar-refractivity contribution in [3.63, 3.8) is 0 Å². The van der Waals surface area contributed by atoms with Gasteiger partial charge in [-0.15, -0.1) is 0 Å². The van der Waals surface area contributed by atoms with Crippen LogP contribution in [0, 0.1) is 0 Å². The third-order valence-electron chi connectivity index (χ3n) is 3.17. The van der Waals surface area contributed by atoms with Crippen LogP contribution in [0.2, 0.25) is 0 Å². The molecule has 1 heterocycles. The predicted octanol–water partition coefficient (Wildman–Crippen LogP) is 1.47. The number of carbonyl (C=O) groups is 2. The number of rotatable bonds is 7. The third-order valence-corrected chi connectivity index (χ3v) is 3.17. The Kier molecular flexibility index (Phi) is 6.41. The zero-order chi connectivity index (χ0) is 18.2. The molecule has 0 aliphatic rings. The molecule has 0 saturated carbocycles. The molecule has 8 heteroatoms. The molecule has 0 unspecified atom stereocenters. The van der Waals surface area contributed by atoms with Crippen molar-refractivity contribution in [2.45, 2.75) is 6.92 Å². The Hall–Kier alpha value is -3.00. The van der Waals surface area contributed by atoms with Gasteiger partial charge in [0.2, 0.25) is 11.9 Å². The first-order valence-electron chi connectivity index (χ1n) is 7.84. The molecule has 2 aromatic rings. The summed E-state index contributed by atoms with van der Waals surface area (Å²) in [6, 6.07) is 8.71. The molecule has 1 aromatic heterocycles. The fraction of sp³-hybridized carbons (Fsp3) is 0.294. The lowest BCUT2D eigenvalue weighted by molar-refractivity contribution is -0.114. The van der Waals surface area contributed by atoms with Crippen LogP contribution in [0.1, 0.15) is 17.4 Å². The Bertz CT molecular complexity index is 747. The molecule has 0 atom stereocenters. The molecule has 0 aliphatic carbocycles. The fourth-order valence-electron chi connectivity index (χ4n) is 2.04. The highest BCUT2D eigenvalue weighted by Crippen LogP contribution is 2.18. The van der Waals surface area contributed by atoms with Crippen LogP contribution in [-0.4, -0.2) is 53.9 Å². The van der Waals surface area contributed by atoms with Gasteiger partial charge in [0.25, 0.3) is 5.91 Å². The molecule has 2 amide bonds. The standard InChI is InChI=1S/C17H22N6O2/c1-12(24)20-13-5-4-6-14(11-13)21-17-19-8-7-15(22-17)16(25)18-9-10-23(2)3/h4-8,11H,9-10H2,1-3H3,(H,18,25)(H,20,24)(H,19,21,22). The summed E-state index contributed by atoms with van der Waals surface area (Å²) in [5, 5.41) is 8.54. The molecule has 2 rings (SSSR count). The monoisotopic (exact) mass is 342 g/mol. The van der Waals surface area contributed by atoms with E-state index < -0.39 is 0 Å². The molecule has 0 fully saturated rings. The minimum absolute atomic E-state index is 0.148. The summed E-state index contributed by atoms with van der Waals surface area (Å²) >= 11 is 0.